The zero-order chi connectivity index (χ0) is 9.94. The van der Waals surface area contributed by atoms with Crippen LogP contribution in [0.2, 0.25) is 0 Å². The van der Waals surface area contributed by atoms with Crippen molar-refractivity contribution in [3.63, 3.8) is 0 Å². The molecule has 0 bridgehead atoms. The molecule has 0 heterocycles. The van der Waals surface area contributed by atoms with Gasteiger partial charge in [0.1, 0.15) is 0 Å². The van der Waals surface area contributed by atoms with Crippen LogP contribution in [0.15, 0.2) is 10.5 Å². The normalized spacial score (nSPS) is 17.1. The van der Waals surface area contributed by atoms with Crippen LogP contribution in [0, 0.1) is 5.92 Å². The van der Waals surface area contributed by atoms with Gasteiger partial charge in [-0.2, -0.15) is 8.42 Å². The van der Waals surface area contributed by atoms with E-state index in [0.717, 1.165) is 12.0 Å². The Balaban J connectivity index is 4.95. The number of rotatable bonds is 3. The summed E-state index contributed by atoms with van der Waals surface area (Å²) in [7, 11) is -3.98. The van der Waals surface area contributed by atoms with Crippen LogP contribution >= 0.6 is 0 Å². The fraction of sp³-hybridized carbons (Fsp3) is 0.750. The minimum atomic E-state index is -3.98. The molecule has 72 valence electrons. The van der Waals surface area contributed by atoms with Gasteiger partial charge < -0.3 is 0 Å². The summed E-state index contributed by atoms with van der Waals surface area (Å²) in [6.45, 7) is 7.07. The van der Waals surface area contributed by atoms with Gasteiger partial charge in [0, 0.05) is 0 Å². The lowest BCUT2D eigenvalue weighted by molar-refractivity contribution is 0.489. The molecule has 0 aliphatic carbocycles. The predicted molar refractivity (Wildman–Crippen MR) is 49.4 cm³/mol. The van der Waals surface area contributed by atoms with Crippen molar-refractivity contribution in [2.24, 2.45) is 5.92 Å². The average molecular weight is 192 g/mol. The second-order valence-electron chi connectivity index (χ2n) is 3.02. The maximum atomic E-state index is 10.7. The van der Waals surface area contributed by atoms with Gasteiger partial charge in [-0.1, -0.05) is 19.4 Å². The first kappa shape index (κ1) is 11.6. The number of allylic oxidation sites excluding steroid dienone is 2. The molecule has 0 aliphatic rings. The van der Waals surface area contributed by atoms with E-state index in [0.29, 0.717) is 0 Å². The van der Waals surface area contributed by atoms with E-state index in [1.54, 1.807) is 6.92 Å². The first-order valence-corrected chi connectivity index (χ1v) is 5.39. The lowest BCUT2D eigenvalue weighted by atomic mass is 10.0. The maximum Gasteiger partial charge on any atom is 0.290 e. The molecular formula is C8H16O3S. The van der Waals surface area contributed by atoms with E-state index in [1.807, 2.05) is 13.8 Å². The Morgan fingerprint density at radius 3 is 2.08 bits per heavy atom. The predicted octanol–water partition coefficient (Wildman–Crippen LogP) is 2.21. The van der Waals surface area contributed by atoms with E-state index in [9.17, 15) is 8.42 Å². The van der Waals surface area contributed by atoms with E-state index in [1.165, 1.54) is 6.92 Å². The average Bonchev–Trinajstić information content (AvgIpc) is 1.98. The van der Waals surface area contributed by atoms with Crippen molar-refractivity contribution in [2.75, 3.05) is 0 Å². The van der Waals surface area contributed by atoms with Gasteiger partial charge in [-0.15, -0.1) is 0 Å². The van der Waals surface area contributed by atoms with Crippen molar-refractivity contribution in [1.29, 1.82) is 0 Å². The molecule has 0 aromatic heterocycles. The van der Waals surface area contributed by atoms with Gasteiger partial charge in [0.05, 0.1) is 4.91 Å². The standard InChI is InChI=1S/C8H16O3S/c1-5-6(2)7(3)8(4)12(9,10)11/h6H,5H2,1-4H3,(H,9,10,11). The van der Waals surface area contributed by atoms with Gasteiger partial charge in [0.2, 0.25) is 0 Å². The van der Waals surface area contributed by atoms with Crippen molar-refractivity contribution in [3.05, 3.63) is 10.5 Å². The third-order valence-electron chi connectivity index (χ3n) is 2.29. The van der Waals surface area contributed by atoms with Crippen molar-refractivity contribution in [2.45, 2.75) is 34.1 Å². The van der Waals surface area contributed by atoms with Gasteiger partial charge >= 0.3 is 0 Å². The summed E-state index contributed by atoms with van der Waals surface area (Å²) >= 11 is 0. The summed E-state index contributed by atoms with van der Waals surface area (Å²) in [6, 6.07) is 0. The Hall–Kier alpha value is -0.350. The summed E-state index contributed by atoms with van der Waals surface area (Å²) in [5, 5.41) is 0. The molecule has 0 rings (SSSR count). The quantitative estimate of drug-likeness (QED) is 0.697. The molecule has 12 heavy (non-hydrogen) atoms. The van der Waals surface area contributed by atoms with Crippen LogP contribution in [0.3, 0.4) is 0 Å². The molecule has 1 N–H and O–H groups in total. The van der Waals surface area contributed by atoms with Gasteiger partial charge in [-0.3, -0.25) is 4.55 Å². The molecule has 0 aliphatic heterocycles. The lowest BCUT2D eigenvalue weighted by Gasteiger charge is -2.11. The third-order valence-corrected chi connectivity index (χ3v) is 3.39. The van der Waals surface area contributed by atoms with Crippen LogP contribution in [-0.2, 0) is 10.1 Å². The molecule has 4 heteroatoms. The maximum absolute atomic E-state index is 10.7. The van der Waals surface area contributed by atoms with Gasteiger partial charge in [-0.25, -0.2) is 0 Å². The van der Waals surface area contributed by atoms with Crippen molar-refractivity contribution >= 4 is 10.1 Å². The summed E-state index contributed by atoms with van der Waals surface area (Å²) in [4.78, 5) is 0.0804. The van der Waals surface area contributed by atoms with E-state index < -0.39 is 10.1 Å². The Labute approximate surface area is 74.2 Å². The highest BCUT2D eigenvalue weighted by Gasteiger charge is 2.14. The molecule has 0 aromatic carbocycles. The Bertz CT molecular complexity index is 275. The highest BCUT2D eigenvalue weighted by molar-refractivity contribution is 7.89. The number of hydrogen-bond donors (Lipinski definition) is 1. The van der Waals surface area contributed by atoms with Crippen LogP contribution < -0.4 is 0 Å². The van der Waals surface area contributed by atoms with E-state index in [2.05, 4.69) is 0 Å². The Morgan fingerprint density at radius 1 is 1.42 bits per heavy atom. The topological polar surface area (TPSA) is 54.4 Å². The van der Waals surface area contributed by atoms with Crippen molar-refractivity contribution in [3.8, 4) is 0 Å². The van der Waals surface area contributed by atoms with Crippen molar-refractivity contribution in [1.82, 2.24) is 0 Å². The van der Waals surface area contributed by atoms with Gasteiger partial charge in [-0.05, 0) is 26.2 Å². The van der Waals surface area contributed by atoms with Crippen LogP contribution in [0.1, 0.15) is 34.1 Å². The zero-order valence-corrected chi connectivity index (χ0v) is 8.77. The molecule has 1 unspecified atom stereocenters. The van der Waals surface area contributed by atoms with Crippen LogP contribution in [-0.4, -0.2) is 13.0 Å². The molecule has 0 saturated heterocycles. The van der Waals surface area contributed by atoms with Crippen LogP contribution in [0.5, 0.6) is 0 Å². The first-order chi connectivity index (χ1) is 5.30. The molecule has 0 aromatic rings. The zero-order valence-electron chi connectivity index (χ0n) is 7.96. The molecule has 0 saturated carbocycles. The fourth-order valence-electron chi connectivity index (χ4n) is 0.857. The summed E-state index contributed by atoms with van der Waals surface area (Å²) in [5.74, 6) is 0.201. The van der Waals surface area contributed by atoms with Gasteiger partial charge in [0.25, 0.3) is 10.1 Å². The Kier molecular flexibility index (Phi) is 3.93. The summed E-state index contributed by atoms with van der Waals surface area (Å²) < 4.78 is 30.1. The minimum Gasteiger partial charge on any atom is -0.282 e. The molecular weight excluding hydrogens is 176 g/mol. The van der Waals surface area contributed by atoms with E-state index in [-0.39, 0.29) is 10.8 Å². The van der Waals surface area contributed by atoms with Crippen LogP contribution in [0.4, 0.5) is 0 Å². The van der Waals surface area contributed by atoms with Crippen molar-refractivity contribution < 1.29 is 13.0 Å². The number of hydrogen-bond acceptors (Lipinski definition) is 2. The molecule has 0 amide bonds. The smallest absolute Gasteiger partial charge is 0.282 e. The first-order valence-electron chi connectivity index (χ1n) is 3.95. The highest BCUT2D eigenvalue weighted by atomic mass is 32.2. The summed E-state index contributed by atoms with van der Waals surface area (Å²) in [5.41, 5.74) is 0.736. The van der Waals surface area contributed by atoms with Crippen LogP contribution in [0.25, 0.3) is 0 Å². The largest absolute Gasteiger partial charge is 0.290 e. The SMILES string of the molecule is CCC(C)C(C)=C(C)S(=O)(=O)O. The molecule has 3 nitrogen and oxygen atoms in total. The third kappa shape index (κ3) is 2.95. The van der Waals surface area contributed by atoms with E-state index in [4.69, 9.17) is 4.55 Å². The molecule has 0 fully saturated rings. The monoisotopic (exact) mass is 192 g/mol. The lowest BCUT2D eigenvalue weighted by Crippen LogP contribution is -2.05. The fourth-order valence-corrected chi connectivity index (χ4v) is 1.46. The highest BCUT2D eigenvalue weighted by Crippen LogP contribution is 2.20. The summed E-state index contributed by atoms with van der Waals surface area (Å²) in [6.07, 6.45) is 0.874. The minimum absolute atomic E-state index is 0.0804. The Morgan fingerprint density at radius 2 is 1.83 bits per heavy atom. The second kappa shape index (κ2) is 4.05. The molecule has 0 spiro atoms. The van der Waals surface area contributed by atoms with Gasteiger partial charge in [0.15, 0.2) is 0 Å². The molecule has 0 radical (unpaired) electrons. The molecule has 1 atom stereocenters. The second-order valence-corrected chi connectivity index (χ2v) is 4.59. The van der Waals surface area contributed by atoms with E-state index >= 15 is 0 Å².